The van der Waals surface area contributed by atoms with Gasteiger partial charge < -0.3 is 24.7 Å². The lowest BCUT2D eigenvalue weighted by atomic mass is 10.2. The lowest BCUT2D eigenvalue weighted by molar-refractivity contribution is -1.01. The largest absolute Gasteiger partial charge is 0.491 e. The summed E-state index contributed by atoms with van der Waals surface area (Å²) in [6, 6.07) is 7.63. The molecule has 5 nitrogen and oxygen atoms in total. The maximum absolute atomic E-state index is 10.1. The second kappa shape index (κ2) is 8.70. The molecule has 0 unspecified atom stereocenters. The van der Waals surface area contributed by atoms with Gasteiger partial charge in [0.15, 0.2) is 0 Å². The maximum Gasteiger partial charge on any atom is 0.137 e. The summed E-state index contributed by atoms with van der Waals surface area (Å²) >= 11 is 3.38. The van der Waals surface area contributed by atoms with Crippen molar-refractivity contribution in [2.24, 2.45) is 0 Å². The first-order valence-electron chi connectivity index (χ1n) is 7.52. The summed E-state index contributed by atoms with van der Waals surface area (Å²) < 4.78 is 6.62. The van der Waals surface area contributed by atoms with Gasteiger partial charge in [-0.3, -0.25) is 0 Å². The van der Waals surface area contributed by atoms with Crippen LogP contribution in [0.3, 0.4) is 0 Å². The molecule has 1 atom stereocenters. The minimum Gasteiger partial charge on any atom is -0.491 e. The lowest BCUT2D eigenvalue weighted by Gasteiger charge is -2.30. The van der Waals surface area contributed by atoms with Crippen LogP contribution in [0.1, 0.15) is 0 Å². The molecule has 0 spiro atoms. The highest BCUT2D eigenvalue weighted by Crippen LogP contribution is 2.15. The van der Waals surface area contributed by atoms with Crippen molar-refractivity contribution in [2.75, 3.05) is 52.5 Å². The predicted octanol–water partition coefficient (Wildman–Crippen LogP) is -2.04. The van der Waals surface area contributed by atoms with Gasteiger partial charge in [0, 0.05) is 4.47 Å². The van der Waals surface area contributed by atoms with E-state index < -0.39 is 6.10 Å². The molecule has 1 aromatic carbocycles. The van der Waals surface area contributed by atoms with Crippen molar-refractivity contribution in [3.05, 3.63) is 28.7 Å². The summed E-state index contributed by atoms with van der Waals surface area (Å²) in [5, 5.41) is 19.0. The first-order valence-corrected chi connectivity index (χ1v) is 8.31. The van der Waals surface area contributed by atoms with Crippen LogP contribution < -0.4 is 14.5 Å². The molecule has 4 N–H and O–H groups in total. The van der Waals surface area contributed by atoms with Gasteiger partial charge >= 0.3 is 0 Å². The molecular formula is C15H25BrN2O3+2. The average Bonchev–Trinajstić information content (AvgIpc) is 2.49. The van der Waals surface area contributed by atoms with Crippen molar-refractivity contribution in [3.63, 3.8) is 0 Å². The number of ether oxygens (including phenoxy) is 1. The summed E-state index contributed by atoms with van der Waals surface area (Å²) in [5.41, 5.74) is 0. The monoisotopic (exact) mass is 360 g/mol. The van der Waals surface area contributed by atoms with Gasteiger partial charge in [0.1, 0.15) is 57.7 Å². The summed E-state index contributed by atoms with van der Waals surface area (Å²) in [6.45, 7) is 6.37. The zero-order valence-electron chi connectivity index (χ0n) is 12.2. The smallest absolute Gasteiger partial charge is 0.137 e. The molecule has 2 rings (SSSR count). The number of benzene rings is 1. The van der Waals surface area contributed by atoms with Crippen LogP contribution in [0.2, 0.25) is 0 Å². The molecule has 21 heavy (non-hydrogen) atoms. The Labute approximate surface area is 134 Å². The van der Waals surface area contributed by atoms with E-state index in [1.54, 1.807) is 0 Å². The fraction of sp³-hybridized carbons (Fsp3) is 0.600. The van der Waals surface area contributed by atoms with E-state index in [9.17, 15) is 5.11 Å². The Hall–Kier alpha value is -0.660. The quantitative estimate of drug-likeness (QED) is 0.453. The zero-order valence-corrected chi connectivity index (χ0v) is 13.8. The van der Waals surface area contributed by atoms with Gasteiger partial charge in [0.25, 0.3) is 0 Å². The van der Waals surface area contributed by atoms with E-state index in [4.69, 9.17) is 9.84 Å². The van der Waals surface area contributed by atoms with Crippen LogP contribution in [-0.4, -0.2) is 68.8 Å². The molecule has 1 aliphatic rings. The first kappa shape index (κ1) is 16.7. The van der Waals surface area contributed by atoms with Crippen LogP contribution in [0.15, 0.2) is 28.7 Å². The fourth-order valence-corrected chi connectivity index (χ4v) is 2.95. The number of nitrogens with one attached hydrogen (secondary N) is 2. The Balaban J connectivity index is 1.65. The summed E-state index contributed by atoms with van der Waals surface area (Å²) in [7, 11) is 0. The topological polar surface area (TPSA) is 58.6 Å². The first-order chi connectivity index (χ1) is 10.2. The number of aliphatic hydroxyl groups is 2. The maximum atomic E-state index is 10.1. The fourth-order valence-electron chi connectivity index (χ4n) is 2.68. The van der Waals surface area contributed by atoms with E-state index in [1.165, 1.54) is 9.80 Å². The van der Waals surface area contributed by atoms with Gasteiger partial charge in [-0.1, -0.05) is 15.9 Å². The molecule has 1 aromatic rings. The van der Waals surface area contributed by atoms with E-state index in [0.29, 0.717) is 6.61 Å². The third-order valence-corrected chi connectivity index (χ3v) is 4.44. The Morgan fingerprint density at radius 3 is 2.33 bits per heavy atom. The number of hydrogen-bond donors (Lipinski definition) is 4. The molecule has 0 radical (unpaired) electrons. The summed E-state index contributed by atoms with van der Waals surface area (Å²) in [5.74, 6) is 0.782. The van der Waals surface area contributed by atoms with Crippen LogP contribution in [0, 0.1) is 0 Å². The molecule has 0 amide bonds. The van der Waals surface area contributed by atoms with E-state index >= 15 is 0 Å². The van der Waals surface area contributed by atoms with Gasteiger partial charge in [-0.2, -0.15) is 0 Å². The predicted molar refractivity (Wildman–Crippen MR) is 83.9 cm³/mol. The summed E-state index contributed by atoms with van der Waals surface area (Å²) in [6.07, 6.45) is -0.442. The second-order valence-corrected chi connectivity index (χ2v) is 6.51. The third-order valence-electron chi connectivity index (χ3n) is 3.91. The van der Waals surface area contributed by atoms with Crippen molar-refractivity contribution < 1.29 is 24.7 Å². The molecule has 0 aliphatic carbocycles. The van der Waals surface area contributed by atoms with Crippen molar-refractivity contribution in [2.45, 2.75) is 6.10 Å². The van der Waals surface area contributed by atoms with Crippen LogP contribution in [0.25, 0.3) is 0 Å². The van der Waals surface area contributed by atoms with E-state index in [0.717, 1.165) is 49.5 Å². The lowest BCUT2D eigenvalue weighted by Crippen LogP contribution is -3.28. The second-order valence-electron chi connectivity index (χ2n) is 5.60. The van der Waals surface area contributed by atoms with Gasteiger partial charge in [-0.25, -0.2) is 0 Å². The Morgan fingerprint density at radius 1 is 1.10 bits per heavy atom. The highest BCUT2D eigenvalue weighted by molar-refractivity contribution is 9.10. The molecule has 118 valence electrons. The number of halogens is 1. The Morgan fingerprint density at radius 2 is 1.71 bits per heavy atom. The SMILES string of the molecule is OCC[NH+]1CC[NH+](C[C@@H](O)COc2ccc(Br)cc2)CC1. The van der Waals surface area contributed by atoms with Crippen LogP contribution >= 0.6 is 15.9 Å². The minimum atomic E-state index is -0.442. The molecule has 1 heterocycles. The Kier molecular flexibility index (Phi) is 6.92. The zero-order chi connectivity index (χ0) is 15.1. The van der Waals surface area contributed by atoms with Crippen molar-refractivity contribution in [1.82, 2.24) is 0 Å². The van der Waals surface area contributed by atoms with Crippen LogP contribution in [0.4, 0.5) is 0 Å². The molecular weight excluding hydrogens is 336 g/mol. The van der Waals surface area contributed by atoms with Gasteiger partial charge in [0.2, 0.25) is 0 Å². The standard InChI is InChI=1S/C15H23BrN2O3/c16-13-1-3-15(4-2-13)21-12-14(20)11-18-7-5-17(6-8-18)9-10-19/h1-4,14,19-20H,5-12H2/p+2/t14-/m1/s1. The van der Waals surface area contributed by atoms with Gasteiger partial charge in [-0.15, -0.1) is 0 Å². The van der Waals surface area contributed by atoms with E-state index in [2.05, 4.69) is 15.9 Å². The van der Waals surface area contributed by atoms with Crippen LogP contribution in [0.5, 0.6) is 5.75 Å². The highest BCUT2D eigenvalue weighted by Gasteiger charge is 2.24. The van der Waals surface area contributed by atoms with Gasteiger partial charge in [-0.05, 0) is 24.3 Å². The van der Waals surface area contributed by atoms with Gasteiger partial charge in [0.05, 0.1) is 6.61 Å². The molecule has 0 saturated carbocycles. The third kappa shape index (κ3) is 5.92. The molecule has 0 bridgehead atoms. The van der Waals surface area contributed by atoms with Crippen molar-refractivity contribution in [3.8, 4) is 5.75 Å². The molecule has 1 fully saturated rings. The molecule has 1 saturated heterocycles. The summed E-state index contributed by atoms with van der Waals surface area (Å²) in [4.78, 5) is 2.88. The minimum absolute atomic E-state index is 0.258. The van der Waals surface area contributed by atoms with Crippen molar-refractivity contribution >= 4 is 15.9 Å². The number of aliphatic hydroxyl groups excluding tert-OH is 2. The molecule has 6 heteroatoms. The number of hydrogen-bond acceptors (Lipinski definition) is 3. The normalized spacial score (nSPS) is 23.8. The number of piperazine rings is 1. The highest BCUT2D eigenvalue weighted by atomic mass is 79.9. The van der Waals surface area contributed by atoms with E-state index in [-0.39, 0.29) is 6.61 Å². The number of rotatable bonds is 7. The molecule has 1 aliphatic heterocycles. The average molecular weight is 361 g/mol. The van der Waals surface area contributed by atoms with E-state index in [1.807, 2.05) is 24.3 Å². The molecule has 0 aromatic heterocycles. The van der Waals surface area contributed by atoms with Crippen LogP contribution in [-0.2, 0) is 0 Å². The van der Waals surface area contributed by atoms with Crippen molar-refractivity contribution in [1.29, 1.82) is 0 Å². The number of quaternary nitrogens is 2. The Bertz CT molecular complexity index is 408.